The predicted octanol–water partition coefficient (Wildman–Crippen LogP) is 2.33. The van der Waals surface area contributed by atoms with Crippen LogP contribution in [0.5, 0.6) is 0 Å². The van der Waals surface area contributed by atoms with Crippen molar-refractivity contribution < 1.29 is 9.18 Å². The number of piperidine rings is 1. The summed E-state index contributed by atoms with van der Waals surface area (Å²) in [5.41, 5.74) is 6.44. The zero-order valence-corrected chi connectivity index (χ0v) is 11.5. The van der Waals surface area contributed by atoms with Crippen LogP contribution in [-0.4, -0.2) is 29.9 Å². The van der Waals surface area contributed by atoms with Gasteiger partial charge in [0, 0.05) is 19.1 Å². The molecule has 1 heterocycles. The number of benzene rings is 1. The van der Waals surface area contributed by atoms with Crippen molar-refractivity contribution in [2.45, 2.75) is 32.7 Å². The maximum Gasteiger partial charge on any atom is 0.257 e. The van der Waals surface area contributed by atoms with Crippen LogP contribution in [0.1, 0.15) is 35.7 Å². The molecule has 0 saturated carbocycles. The quantitative estimate of drug-likeness (QED) is 0.891. The lowest BCUT2D eigenvalue weighted by atomic mass is 9.90. The number of nitrogens with two attached hydrogens (primary N) is 1. The van der Waals surface area contributed by atoms with Crippen LogP contribution >= 0.6 is 0 Å². The third-order valence-electron chi connectivity index (χ3n) is 4.04. The molecule has 3 nitrogen and oxygen atoms in total. The lowest BCUT2D eigenvalue weighted by molar-refractivity contribution is 0.0527. The van der Waals surface area contributed by atoms with E-state index < -0.39 is 5.82 Å². The first kappa shape index (κ1) is 14.0. The summed E-state index contributed by atoms with van der Waals surface area (Å²) in [6.45, 7) is 4.87. The lowest BCUT2D eigenvalue weighted by Crippen LogP contribution is -2.51. The Balaban J connectivity index is 2.29. The Bertz CT molecular complexity index is 475. The Kier molecular flexibility index (Phi) is 4.20. The SMILES string of the molecule is Cc1cccc(C(=O)N2CCC[C@H](C)[C@H]2CN)c1F. The number of amides is 1. The van der Waals surface area contributed by atoms with Crippen molar-refractivity contribution in [2.24, 2.45) is 11.7 Å². The van der Waals surface area contributed by atoms with E-state index in [2.05, 4.69) is 6.92 Å². The highest BCUT2D eigenvalue weighted by atomic mass is 19.1. The van der Waals surface area contributed by atoms with Crippen molar-refractivity contribution in [3.05, 3.63) is 35.1 Å². The van der Waals surface area contributed by atoms with Gasteiger partial charge in [0.2, 0.25) is 0 Å². The van der Waals surface area contributed by atoms with Crippen molar-refractivity contribution in [3.63, 3.8) is 0 Å². The number of carbonyl (C=O) groups is 1. The number of hydrogen-bond acceptors (Lipinski definition) is 2. The molecule has 0 aromatic heterocycles. The van der Waals surface area contributed by atoms with E-state index in [1.165, 1.54) is 0 Å². The summed E-state index contributed by atoms with van der Waals surface area (Å²) in [6, 6.07) is 4.96. The van der Waals surface area contributed by atoms with Crippen molar-refractivity contribution in [2.75, 3.05) is 13.1 Å². The number of halogens is 1. The summed E-state index contributed by atoms with van der Waals surface area (Å²) >= 11 is 0. The molecule has 1 aromatic carbocycles. The van der Waals surface area contributed by atoms with Crippen molar-refractivity contribution >= 4 is 5.91 Å². The number of nitrogens with zero attached hydrogens (tertiary/aromatic N) is 1. The number of rotatable bonds is 2. The molecule has 0 aliphatic carbocycles. The standard InChI is InChI=1S/C15H21FN2O/c1-10-6-4-8-18(13(10)9-17)15(19)12-7-3-5-11(2)14(12)16/h3,5,7,10,13H,4,6,8-9,17H2,1-2H3/t10-,13+/m0/s1. The molecular weight excluding hydrogens is 243 g/mol. The van der Waals surface area contributed by atoms with Gasteiger partial charge in [0.05, 0.1) is 5.56 Å². The molecule has 0 unspecified atom stereocenters. The van der Waals surface area contributed by atoms with E-state index in [0.717, 1.165) is 12.8 Å². The van der Waals surface area contributed by atoms with Crippen molar-refractivity contribution in [3.8, 4) is 0 Å². The van der Waals surface area contributed by atoms with E-state index in [1.807, 2.05) is 0 Å². The Labute approximate surface area is 113 Å². The number of hydrogen-bond donors (Lipinski definition) is 1. The van der Waals surface area contributed by atoms with Gasteiger partial charge in [-0.1, -0.05) is 19.1 Å². The topological polar surface area (TPSA) is 46.3 Å². The van der Waals surface area contributed by atoms with E-state index in [-0.39, 0.29) is 17.5 Å². The van der Waals surface area contributed by atoms with Gasteiger partial charge >= 0.3 is 0 Å². The first-order valence-electron chi connectivity index (χ1n) is 6.82. The molecule has 2 N–H and O–H groups in total. The van der Waals surface area contributed by atoms with Crippen LogP contribution in [-0.2, 0) is 0 Å². The molecule has 1 aromatic rings. The molecule has 1 saturated heterocycles. The fourth-order valence-electron chi connectivity index (χ4n) is 2.83. The normalized spacial score (nSPS) is 23.5. The lowest BCUT2D eigenvalue weighted by Gasteiger charge is -2.39. The number of carbonyl (C=O) groups excluding carboxylic acids is 1. The molecule has 1 aliphatic rings. The zero-order chi connectivity index (χ0) is 14.0. The highest BCUT2D eigenvalue weighted by Gasteiger charge is 2.32. The maximum atomic E-state index is 14.1. The second-order valence-corrected chi connectivity index (χ2v) is 5.36. The molecule has 19 heavy (non-hydrogen) atoms. The van der Waals surface area contributed by atoms with Gasteiger partial charge in [-0.15, -0.1) is 0 Å². The second kappa shape index (κ2) is 5.70. The highest BCUT2D eigenvalue weighted by molar-refractivity contribution is 5.95. The molecule has 1 fully saturated rings. The van der Waals surface area contributed by atoms with E-state index >= 15 is 0 Å². The van der Waals surface area contributed by atoms with E-state index in [0.29, 0.717) is 24.6 Å². The second-order valence-electron chi connectivity index (χ2n) is 5.36. The van der Waals surface area contributed by atoms with Gasteiger partial charge < -0.3 is 10.6 Å². The van der Waals surface area contributed by atoms with Gasteiger partial charge in [-0.2, -0.15) is 0 Å². The molecule has 2 rings (SSSR count). The highest BCUT2D eigenvalue weighted by Crippen LogP contribution is 2.25. The van der Waals surface area contributed by atoms with Crippen LogP contribution in [0, 0.1) is 18.7 Å². The van der Waals surface area contributed by atoms with Crippen LogP contribution in [0.3, 0.4) is 0 Å². The number of likely N-dealkylation sites (tertiary alicyclic amines) is 1. The van der Waals surface area contributed by atoms with Crippen LogP contribution in [0.4, 0.5) is 4.39 Å². The Morgan fingerprint density at radius 3 is 2.95 bits per heavy atom. The minimum Gasteiger partial charge on any atom is -0.334 e. The number of aryl methyl sites for hydroxylation is 1. The summed E-state index contributed by atoms with van der Waals surface area (Å²) in [4.78, 5) is 14.3. The van der Waals surface area contributed by atoms with E-state index in [1.54, 1.807) is 30.0 Å². The third kappa shape index (κ3) is 2.63. The van der Waals surface area contributed by atoms with Gasteiger partial charge in [0.25, 0.3) is 5.91 Å². The molecule has 2 atom stereocenters. The summed E-state index contributed by atoms with van der Waals surface area (Å²) in [5.74, 6) is -0.278. The molecule has 4 heteroatoms. The molecule has 1 amide bonds. The van der Waals surface area contributed by atoms with Crippen LogP contribution in [0.25, 0.3) is 0 Å². The van der Waals surface area contributed by atoms with E-state index in [4.69, 9.17) is 5.73 Å². The van der Waals surface area contributed by atoms with Gasteiger partial charge in [-0.05, 0) is 37.3 Å². The van der Waals surface area contributed by atoms with Crippen molar-refractivity contribution in [1.82, 2.24) is 4.90 Å². The minimum atomic E-state index is -0.415. The average Bonchev–Trinajstić information content (AvgIpc) is 2.41. The first-order valence-corrected chi connectivity index (χ1v) is 6.82. The van der Waals surface area contributed by atoms with Gasteiger partial charge in [-0.3, -0.25) is 4.79 Å². The molecule has 1 aliphatic heterocycles. The van der Waals surface area contributed by atoms with Crippen molar-refractivity contribution in [1.29, 1.82) is 0 Å². The Hall–Kier alpha value is -1.42. The molecule has 0 bridgehead atoms. The summed E-state index contributed by atoms with van der Waals surface area (Å²) in [5, 5.41) is 0. The van der Waals surface area contributed by atoms with Crippen LogP contribution in [0.2, 0.25) is 0 Å². The Morgan fingerprint density at radius 1 is 1.53 bits per heavy atom. The van der Waals surface area contributed by atoms with Gasteiger partial charge in [0.15, 0.2) is 0 Å². The molecule has 104 valence electrons. The Morgan fingerprint density at radius 2 is 2.26 bits per heavy atom. The largest absolute Gasteiger partial charge is 0.334 e. The van der Waals surface area contributed by atoms with Gasteiger partial charge in [0.1, 0.15) is 5.82 Å². The summed E-state index contributed by atoms with van der Waals surface area (Å²) < 4.78 is 14.1. The fraction of sp³-hybridized carbons (Fsp3) is 0.533. The maximum absolute atomic E-state index is 14.1. The van der Waals surface area contributed by atoms with Gasteiger partial charge in [-0.25, -0.2) is 4.39 Å². The average molecular weight is 264 g/mol. The molecule has 0 radical (unpaired) electrons. The zero-order valence-electron chi connectivity index (χ0n) is 11.5. The summed E-state index contributed by atoms with van der Waals surface area (Å²) in [6.07, 6.45) is 2.03. The third-order valence-corrected chi connectivity index (χ3v) is 4.04. The predicted molar refractivity (Wildman–Crippen MR) is 73.4 cm³/mol. The molecule has 0 spiro atoms. The van der Waals surface area contributed by atoms with Crippen LogP contribution in [0.15, 0.2) is 18.2 Å². The van der Waals surface area contributed by atoms with Crippen LogP contribution < -0.4 is 5.73 Å². The first-order chi connectivity index (χ1) is 9.06. The molecular formula is C15H21FN2O. The van der Waals surface area contributed by atoms with E-state index in [9.17, 15) is 9.18 Å². The fourth-order valence-corrected chi connectivity index (χ4v) is 2.83. The minimum absolute atomic E-state index is 0.0150. The monoisotopic (exact) mass is 264 g/mol. The smallest absolute Gasteiger partial charge is 0.257 e. The summed E-state index contributed by atoms with van der Waals surface area (Å²) in [7, 11) is 0.